The molecule has 0 aliphatic heterocycles. The summed E-state index contributed by atoms with van der Waals surface area (Å²) in [6.07, 6.45) is 0. The molecular weight excluding hydrogens is 103 g/mol. The average Bonchev–Trinajstić information content (AvgIpc) is 0.811. The van der Waals surface area contributed by atoms with Gasteiger partial charge in [-0.15, -0.1) is 0 Å². The van der Waals surface area contributed by atoms with Crippen LogP contribution in [0.15, 0.2) is 0 Å². The van der Waals surface area contributed by atoms with E-state index < -0.39 is 5.97 Å². The van der Waals surface area contributed by atoms with E-state index in [9.17, 15) is 0 Å². The number of carbonyl (C=O) groups excluding carboxylic acids is 1. The Hall–Kier alpha value is 1.24. The Kier molecular flexibility index (Phi) is 24.9. The molecule has 0 saturated heterocycles. The summed E-state index contributed by atoms with van der Waals surface area (Å²) in [7, 11) is 0. The predicted octanol–water partition coefficient (Wildman–Crippen LogP) is -5.16. The van der Waals surface area contributed by atoms with Gasteiger partial charge in [0, 0.05) is 5.97 Å². The summed E-state index contributed by atoms with van der Waals surface area (Å²) < 4.78 is 0. The summed E-state index contributed by atoms with van der Waals surface area (Å²) in [5.74, 6) is -1.08. The summed E-state index contributed by atoms with van der Waals surface area (Å²) in [5.41, 5.74) is 0. The third kappa shape index (κ3) is 61.5. The van der Waals surface area contributed by atoms with Crippen LogP contribution in [0.1, 0.15) is 6.92 Å². The van der Waals surface area contributed by atoms with E-state index in [1.54, 1.807) is 0 Å². The van der Waals surface area contributed by atoms with Crippen molar-refractivity contribution in [2.75, 3.05) is 0 Å². The fourth-order valence-corrected chi connectivity index (χ4v) is 0. The van der Waals surface area contributed by atoms with Crippen LogP contribution in [0.2, 0.25) is 0 Å². The topological polar surface area (TPSA) is 40.1 Å². The van der Waals surface area contributed by atoms with Crippen LogP contribution in [-0.4, -0.2) is 29.0 Å². The Morgan fingerprint density at radius 1 is 1.67 bits per heavy atom. The molecule has 0 saturated carbocycles. The molecule has 0 rings (SSSR count). The van der Waals surface area contributed by atoms with E-state index in [0.717, 1.165) is 6.92 Å². The predicted molar refractivity (Wildman–Crippen MR) is 19.2 cm³/mol. The van der Waals surface area contributed by atoms with E-state index in [2.05, 4.69) is 0 Å². The van der Waals surface area contributed by atoms with Crippen LogP contribution in [0.5, 0.6) is 0 Å². The summed E-state index contributed by atoms with van der Waals surface area (Å²) in [6.45, 7) is 0.972. The molecule has 0 amide bonds. The second-order valence-corrected chi connectivity index (χ2v) is 0.492. The molecule has 0 aliphatic carbocycles. The van der Waals surface area contributed by atoms with E-state index in [0.29, 0.717) is 0 Å². The largest absolute Gasteiger partial charge is 1.00 e. The minimum atomic E-state index is -1.08. The molecular formula is C2H5MgNaO2. The molecule has 0 aromatic carbocycles. The fourth-order valence-electron chi connectivity index (χ4n) is 0. The third-order valence-electron chi connectivity index (χ3n) is 0. The molecule has 0 radical (unpaired) electrons. The average molecular weight is 108 g/mol. The summed E-state index contributed by atoms with van der Waals surface area (Å²) in [6, 6.07) is 0. The van der Waals surface area contributed by atoms with Crippen molar-refractivity contribution in [3.8, 4) is 0 Å². The van der Waals surface area contributed by atoms with E-state index >= 15 is 0 Å². The molecule has 0 atom stereocenters. The molecule has 0 bridgehead atoms. The summed E-state index contributed by atoms with van der Waals surface area (Å²) >= 11 is 0. The van der Waals surface area contributed by atoms with Crippen LogP contribution in [-0.2, 0) is 4.79 Å². The van der Waals surface area contributed by atoms with Crippen molar-refractivity contribution in [1.29, 1.82) is 0 Å². The molecule has 2 nitrogen and oxygen atoms in total. The standard InChI is InChI=1S/C2H4O2.Mg.Na.2H/c1-2(3)4;;;;/h1H3,(H,3,4);;;;/q;;+1;;/p-1. The van der Waals surface area contributed by atoms with Gasteiger partial charge in [0.2, 0.25) is 0 Å². The first kappa shape index (κ1) is 15.7. The van der Waals surface area contributed by atoms with Crippen LogP contribution in [0.25, 0.3) is 0 Å². The van der Waals surface area contributed by atoms with Crippen LogP contribution < -0.4 is 34.7 Å². The second-order valence-electron chi connectivity index (χ2n) is 0.492. The molecule has 0 unspecified atom stereocenters. The van der Waals surface area contributed by atoms with Gasteiger partial charge in [0.1, 0.15) is 0 Å². The van der Waals surface area contributed by atoms with Gasteiger partial charge in [0.15, 0.2) is 0 Å². The van der Waals surface area contributed by atoms with Gasteiger partial charge in [-0.05, 0) is 6.92 Å². The van der Waals surface area contributed by atoms with Crippen LogP contribution in [0.4, 0.5) is 0 Å². The van der Waals surface area contributed by atoms with Gasteiger partial charge < -0.3 is 9.90 Å². The van der Waals surface area contributed by atoms with Crippen LogP contribution >= 0.6 is 0 Å². The Bertz CT molecular complexity index is 34.5. The van der Waals surface area contributed by atoms with Crippen molar-refractivity contribution in [1.82, 2.24) is 0 Å². The van der Waals surface area contributed by atoms with Gasteiger partial charge in [-0.2, -0.15) is 0 Å². The first-order chi connectivity index (χ1) is 1.73. The molecule has 0 spiro atoms. The number of aliphatic carboxylic acids is 1. The van der Waals surface area contributed by atoms with Crippen molar-refractivity contribution in [3.63, 3.8) is 0 Å². The van der Waals surface area contributed by atoms with E-state index in [4.69, 9.17) is 9.90 Å². The fraction of sp³-hybridized carbons (Fsp3) is 0.500. The van der Waals surface area contributed by atoms with Gasteiger partial charge in [-0.3, -0.25) is 0 Å². The molecule has 0 heterocycles. The Balaban J connectivity index is -0.0000000450. The Morgan fingerprint density at radius 3 is 1.67 bits per heavy atom. The number of hydrogen-bond donors (Lipinski definition) is 0. The van der Waals surface area contributed by atoms with Gasteiger partial charge >= 0.3 is 52.6 Å². The SMILES string of the molecule is CC(=O)[O-].[MgH2].[Na+]. The smallest absolute Gasteiger partial charge is 0.550 e. The van der Waals surface area contributed by atoms with E-state index in [1.165, 1.54) is 0 Å². The maximum atomic E-state index is 8.89. The maximum absolute atomic E-state index is 8.89. The summed E-state index contributed by atoms with van der Waals surface area (Å²) in [4.78, 5) is 8.89. The van der Waals surface area contributed by atoms with Gasteiger partial charge in [0.25, 0.3) is 0 Å². The molecule has 0 aromatic heterocycles. The molecule has 6 heavy (non-hydrogen) atoms. The number of carbonyl (C=O) groups is 1. The van der Waals surface area contributed by atoms with Crippen molar-refractivity contribution >= 4 is 29.0 Å². The third-order valence-corrected chi connectivity index (χ3v) is 0. The molecule has 4 heteroatoms. The molecule has 0 aliphatic rings. The van der Waals surface area contributed by atoms with Gasteiger partial charge in [0.05, 0.1) is 0 Å². The molecule has 28 valence electrons. The first-order valence-electron chi connectivity index (χ1n) is 0.908. The van der Waals surface area contributed by atoms with Crippen molar-refractivity contribution in [2.24, 2.45) is 0 Å². The number of carboxylic acid groups (broad SMARTS) is 1. The zero-order valence-corrected chi connectivity index (χ0v) is 5.32. The molecule has 0 N–H and O–H groups in total. The van der Waals surface area contributed by atoms with Crippen molar-refractivity contribution in [2.45, 2.75) is 6.92 Å². The maximum Gasteiger partial charge on any atom is 1.00 e. The quantitative estimate of drug-likeness (QED) is 0.291. The summed E-state index contributed by atoms with van der Waals surface area (Å²) in [5, 5.41) is 8.89. The Morgan fingerprint density at radius 2 is 1.67 bits per heavy atom. The number of hydrogen-bond acceptors (Lipinski definition) is 2. The normalized spacial score (nSPS) is 4.17. The minimum Gasteiger partial charge on any atom is -0.550 e. The van der Waals surface area contributed by atoms with Gasteiger partial charge in [-0.1, -0.05) is 0 Å². The minimum absolute atomic E-state index is 0. The van der Waals surface area contributed by atoms with Crippen LogP contribution in [0, 0.1) is 0 Å². The zero-order valence-electron chi connectivity index (χ0n) is 3.32. The van der Waals surface area contributed by atoms with Crippen LogP contribution in [0.3, 0.4) is 0 Å². The monoisotopic (exact) mass is 108 g/mol. The van der Waals surface area contributed by atoms with E-state index in [-0.39, 0.29) is 52.6 Å². The number of carboxylic acids is 1. The van der Waals surface area contributed by atoms with Gasteiger partial charge in [-0.25, -0.2) is 0 Å². The van der Waals surface area contributed by atoms with Crippen molar-refractivity contribution in [3.05, 3.63) is 0 Å². The first-order valence-corrected chi connectivity index (χ1v) is 0.908. The second kappa shape index (κ2) is 9.53. The molecule has 0 aromatic rings. The Labute approximate surface area is 74.7 Å². The van der Waals surface area contributed by atoms with Crippen molar-refractivity contribution < 1.29 is 39.5 Å². The zero-order chi connectivity index (χ0) is 3.58. The molecule has 0 fully saturated rings. The number of rotatable bonds is 0. The van der Waals surface area contributed by atoms with E-state index in [1.807, 2.05) is 0 Å².